The van der Waals surface area contributed by atoms with Gasteiger partial charge in [-0.15, -0.1) is 0 Å². The van der Waals surface area contributed by atoms with Crippen molar-refractivity contribution >= 4 is 17.9 Å². The molecule has 0 saturated heterocycles. The summed E-state index contributed by atoms with van der Waals surface area (Å²) in [5, 5.41) is 2.65. The van der Waals surface area contributed by atoms with Crippen LogP contribution in [0.25, 0.3) is 0 Å². The molecule has 1 aromatic rings. The number of benzene rings is 1. The molecule has 0 saturated carbocycles. The summed E-state index contributed by atoms with van der Waals surface area (Å²) in [5.74, 6) is 0.720. The van der Waals surface area contributed by atoms with E-state index in [4.69, 9.17) is 4.74 Å². The average molecular weight is 235 g/mol. The Morgan fingerprint density at radius 2 is 2.18 bits per heavy atom. The molecule has 0 spiro atoms. The fraction of sp³-hybridized carbons (Fsp3) is 0.385. The van der Waals surface area contributed by atoms with Crippen LogP contribution in [0.15, 0.2) is 18.2 Å². The summed E-state index contributed by atoms with van der Waals surface area (Å²) >= 11 is 0. The maximum atomic E-state index is 10.9. The molecule has 0 heterocycles. The Bertz CT molecular complexity index is 413. The monoisotopic (exact) mass is 235 g/mol. The Morgan fingerprint density at radius 3 is 2.71 bits per heavy atom. The van der Waals surface area contributed by atoms with Gasteiger partial charge >= 0.3 is 0 Å². The van der Waals surface area contributed by atoms with E-state index < -0.39 is 0 Å². The number of carbonyl (C=O) groups excluding carboxylic acids is 2. The Morgan fingerprint density at radius 1 is 1.47 bits per heavy atom. The molecule has 0 aliphatic rings. The lowest BCUT2D eigenvalue weighted by molar-refractivity contribution is -0.114. The summed E-state index contributed by atoms with van der Waals surface area (Å²) in [6.07, 6.45) is 0.743. The zero-order valence-corrected chi connectivity index (χ0v) is 10.3. The molecule has 1 amide bonds. The Balaban J connectivity index is 2.89. The van der Waals surface area contributed by atoms with Crippen LogP contribution in [0.2, 0.25) is 0 Å². The van der Waals surface area contributed by atoms with Crippen LogP contribution in [0.5, 0.6) is 5.75 Å². The lowest BCUT2D eigenvalue weighted by Gasteiger charge is -2.12. The van der Waals surface area contributed by atoms with Gasteiger partial charge in [-0.3, -0.25) is 9.59 Å². The van der Waals surface area contributed by atoms with E-state index in [1.165, 1.54) is 6.92 Å². The highest BCUT2D eigenvalue weighted by Crippen LogP contribution is 2.22. The van der Waals surface area contributed by atoms with Crippen molar-refractivity contribution in [3.8, 4) is 5.75 Å². The fourth-order valence-electron chi connectivity index (χ4n) is 1.29. The highest BCUT2D eigenvalue weighted by molar-refractivity contribution is 5.90. The number of aldehydes is 1. The number of ether oxygens (including phenoxy) is 1. The molecule has 1 rings (SSSR count). The SMILES string of the molecule is CC(=O)Nc1ccc(C=O)c(OCC(C)C)c1. The minimum atomic E-state index is -0.154. The quantitative estimate of drug-likeness (QED) is 0.798. The Hall–Kier alpha value is -1.84. The van der Waals surface area contributed by atoms with Gasteiger partial charge in [-0.2, -0.15) is 0 Å². The van der Waals surface area contributed by atoms with Gasteiger partial charge in [-0.1, -0.05) is 13.8 Å². The molecule has 1 N–H and O–H groups in total. The van der Waals surface area contributed by atoms with Crippen LogP contribution in [0.3, 0.4) is 0 Å². The third-order valence-corrected chi connectivity index (χ3v) is 2.03. The first-order valence-electron chi connectivity index (χ1n) is 5.52. The van der Waals surface area contributed by atoms with Gasteiger partial charge in [-0.05, 0) is 18.1 Å². The van der Waals surface area contributed by atoms with Gasteiger partial charge in [-0.25, -0.2) is 0 Å². The summed E-state index contributed by atoms with van der Waals surface area (Å²) in [6, 6.07) is 4.97. The van der Waals surface area contributed by atoms with Crippen molar-refractivity contribution in [2.75, 3.05) is 11.9 Å². The van der Waals surface area contributed by atoms with Gasteiger partial charge in [0, 0.05) is 18.7 Å². The summed E-state index contributed by atoms with van der Waals surface area (Å²) in [4.78, 5) is 21.8. The highest BCUT2D eigenvalue weighted by atomic mass is 16.5. The molecule has 17 heavy (non-hydrogen) atoms. The molecular formula is C13H17NO3. The molecule has 0 aromatic heterocycles. The maximum absolute atomic E-state index is 10.9. The second-order valence-corrected chi connectivity index (χ2v) is 4.26. The molecule has 0 bridgehead atoms. The van der Waals surface area contributed by atoms with Crippen molar-refractivity contribution in [3.05, 3.63) is 23.8 Å². The molecular weight excluding hydrogens is 218 g/mol. The first-order chi connectivity index (χ1) is 8.02. The summed E-state index contributed by atoms with van der Waals surface area (Å²) in [7, 11) is 0. The average Bonchev–Trinajstić information content (AvgIpc) is 2.25. The third kappa shape index (κ3) is 4.26. The molecule has 0 unspecified atom stereocenters. The van der Waals surface area contributed by atoms with Crippen molar-refractivity contribution < 1.29 is 14.3 Å². The van der Waals surface area contributed by atoms with Crippen LogP contribution in [-0.2, 0) is 4.79 Å². The molecule has 4 nitrogen and oxygen atoms in total. The van der Waals surface area contributed by atoms with Gasteiger partial charge in [0.25, 0.3) is 0 Å². The second-order valence-electron chi connectivity index (χ2n) is 4.26. The topological polar surface area (TPSA) is 55.4 Å². The van der Waals surface area contributed by atoms with Gasteiger partial charge in [0.05, 0.1) is 12.2 Å². The predicted octanol–water partition coefficient (Wildman–Crippen LogP) is 2.49. The smallest absolute Gasteiger partial charge is 0.221 e. The van der Waals surface area contributed by atoms with E-state index in [1.54, 1.807) is 18.2 Å². The van der Waals surface area contributed by atoms with Crippen LogP contribution in [-0.4, -0.2) is 18.8 Å². The number of hydrogen-bond donors (Lipinski definition) is 1. The van der Waals surface area contributed by atoms with E-state index in [0.717, 1.165) is 6.29 Å². The molecule has 1 aromatic carbocycles. The van der Waals surface area contributed by atoms with E-state index in [9.17, 15) is 9.59 Å². The Kier molecular flexibility index (Phi) is 4.69. The Labute approximate surface area is 101 Å². The van der Waals surface area contributed by atoms with Crippen molar-refractivity contribution in [1.82, 2.24) is 0 Å². The number of carbonyl (C=O) groups is 2. The normalized spacial score (nSPS) is 10.1. The zero-order valence-electron chi connectivity index (χ0n) is 10.3. The number of anilines is 1. The first-order valence-corrected chi connectivity index (χ1v) is 5.52. The van der Waals surface area contributed by atoms with Gasteiger partial charge in [0.15, 0.2) is 6.29 Å². The summed E-state index contributed by atoms with van der Waals surface area (Å²) in [5.41, 5.74) is 1.11. The van der Waals surface area contributed by atoms with Crippen LogP contribution in [0.1, 0.15) is 31.1 Å². The maximum Gasteiger partial charge on any atom is 0.221 e. The van der Waals surface area contributed by atoms with Gasteiger partial charge in [0.1, 0.15) is 5.75 Å². The lowest BCUT2D eigenvalue weighted by Crippen LogP contribution is -2.08. The molecule has 4 heteroatoms. The van der Waals surface area contributed by atoms with Crippen LogP contribution in [0.4, 0.5) is 5.69 Å². The van der Waals surface area contributed by atoms with E-state index in [-0.39, 0.29) is 5.91 Å². The third-order valence-electron chi connectivity index (χ3n) is 2.03. The number of hydrogen-bond acceptors (Lipinski definition) is 3. The minimum absolute atomic E-state index is 0.154. The molecule has 0 fully saturated rings. The number of amides is 1. The molecule has 92 valence electrons. The van der Waals surface area contributed by atoms with E-state index >= 15 is 0 Å². The number of nitrogens with one attached hydrogen (secondary N) is 1. The summed E-state index contributed by atoms with van der Waals surface area (Å²) in [6.45, 7) is 6.02. The largest absolute Gasteiger partial charge is 0.492 e. The summed E-state index contributed by atoms with van der Waals surface area (Å²) < 4.78 is 5.53. The lowest BCUT2D eigenvalue weighted by atomic mass is 10.2. The second kappa shape index (κ2) is 6.03. The van der Waals surface area contributed by atoms with Crippen molar-refractivity contribution in [1.29, 1.82) is 0 Å². The van der Waals surface area contributed by atoms with E-state index in [2.05, 4.69) is 5.32 Å². The first kappa shape index (κ1) is 13.2. The predicted molar refractivity (Wildman–Crippen MR) is 66.5 cm³/mol. The number of rotatable bonds is 5. The van der Waals surface area contributed by atoms with Crippen molar-refractivity contribution in [2.45, 2.75) is 20.8 Å². The molecule has 0 atom stereocenters. The van der Waals surface area contributed by atoms with E-state index in [1.807, 2.05) is 13.8 Å². The molecule has 0 radical (unpaired) electrons. The van der Waals surface area contributed by atoms with Crippen LogP contribution < -0.4 is 10.1 Å². The molecule has 0 aliphatic heterocycles. The van der Waals surface area contributed by atoms with Crippen molar-refractivity contribution in [3.63, 3.8) is 0 Å². The minimum Gasteiger partial charge on any atom is -0.492 e. The van der Waals surface area contributed by atoms with Gasteiger partial charge < -0.3 is 10.1 Å². The standard InChI is InChI=1S/C13H17NO3/c1-9(2)8-17-13-6-12(14-10(3)16)5-4-11(13)7-15/h4-7,9H,8H2,1-3H3,(H,14,16). The van der Waals surface area contributed by atoms with Gasteiger partial charge in [0.2, 0.25) is 5.91 Å². The van der Waals surface area contributed by atoms with Crippen molar-refractivity contribution in [2.24, 2.45) is 5.92 Å². The highest BCUT2D eigenvalue weighted by Gasteiger charge is 2.06. The zero-order chi connectivity index (χ0) is 12.8. The fourth-order valence-corrected chi connectivity index (χ4v) is 1.29. The van der Waals surface area contributed by atoms with E-state index in [0.29, 0.717) is 29.5 Å². The van der Waals surface area contributed by atoms with Crippen LogP contribution in [0, 0.1) is 5.92 Å². The molecule has 0 aliphatic carbocycles. The van der Waals surface area contributed by atoms with Crippen LogP contribution >= 0.6 is 0 Å².